The quantitative estimate of drug-likeness (QED) is 0.0358. The summed E-state index contributed by atoms with van der Waals surface area (Å²) >= 11 is 7.91. The van der Waals surface area contributed by atoms with Crippen LogP contribution in [0.15, 0.2) is 146 Å². The van der Waals surface area contributed by atoms with Gasteiger partial charge in [0.15, 0.2) is 11.6 Å². The van der Waals surface area contributed by atoms with Crippen LogP contribution in [0.2, 0.25) is 0 Å². The van der Waals surface area contributed by atoms with E-state index in [2.05, 4.69) is 76.2 Å². The van der Waals surface area contributed by atoms with Crippen molar-refractivity contribution in [1.82, 2.24) is 38.7 Å². The first-order valence-electron chi connectivity index (χ1n) is 37.7. The Kier molecular flexibility index (Phi) is 23.0. The summed E-state index contributed by atoms with van der Waals surface area (Å²) in [6.45, 7) is 9.13. The van der Waals surface area contributed by atoms with E-state index in [-0.39, 0.29) is 22.0 Å². The van der Waals surface area contributed by atoms with Crippen molar-refractivity contribution in [2.24, 2.45) is 0 Å². The lowest BCUT2D eigenvalue weighted by molar-refractivity contribution is 0.399. The molecule has 11 aromatic heterocycles. The Balaban J connectivity index is 0.897. The summed E-state index contributed by atoms with van der Waals surface area (Å²) in [5.41, 5.74) is 14.3. The van der Waals surface area contributed by atoms with Crippen molar-refractivity contribution in [3.63, 3.8) is 0 Å². The first-order valence-corrected chi connectivity index (χ1v) is 41.7. The summed E-state index contributed by atoms with van der Waals surface area (Å²) in [6, 6.07) is 42.0. The Hall–Kier alpha value is -7.40. The van der Waals surface area contributed by atoms with Crippen LogP contribution in [0.3, 0.4) is 0 Å². The number of hydrogen-bond acceptors (Lipinski definition) is 13. The lowest BCUT2D eigenvalue weighted by atomic mass is 9.71. The normalized spacial score (nSPS) is 13.3. The van der Waals surface area contributed by atoms with Gasteiger partial charge in [-0.15, -0.1) is 45.3 Å². The monoisotopic (exact) mass is 1430 g/mol. The second-order valence-electron chi connectivity index (χ2n) is 28.1. The third kappa shape index (κ3) is 14.8. The summed E-state index contributed by atoms with van der Waals surface area (Å²) in [4.78, 5) is 37.9. The average Bonchev–Trinajstić information content (AvgIpc) is 1.54. The van der Waals surface area contributed by atoms with Gasteiger partial charge in [-0.25, -0.2) is 18.7 Å². The van der Waals surface area contributed by atoms with Crippen molar-refractivity contribution in [3.8, 4) is 107 Å². The van der Waals surface area contributed by atoms with Crippen LogP contribution in [0.25, 0.3) is 118 Å². The third-order valence-electron chi connectivity index (χ3n) is 21.2. The summed E-state index contributed by atoms with van der Waals surface area (Å²) < 4.78 is 47.0. The van der Waals surface area contributed by atoms with Gasteiger partial charge in [-0.1, -0.05) is 206 Å². The van der Waals surface area contributed by atoms with Crippen molar-refractivity contribution >= 4 is 68.1 Å². The van der Waals surface area contributed by atoms with Crippen LogP contribution in [-0.4, -0.2) is 38.7 Å². The fourth-order valence-electron chi connectivity index (χ4n) is 16.0. The lowest BCUT2D eigenvalue weighted by Gasteiger charge is -2.32. The number of fused-ring (bicyclic) bond motifs is 7. The second-order valence-corrected chi connectivity index (χ2v) is 32.8. The molecular formula is C86H92F2N8S5. The Morgan fingerprint density at radius 1 is 0.307 bits per heavy atom. The highest BCUT2D eigenvalue weighted by molar-refractivity contribution is 7.26. The predicted molar refractivity (Wildman–Crippen MR) is 424 cm³/mol. The fraction of sp³-hybridized carbons (Fsp3) is 0.395. The number of halogens is 2. The smallest absolute Gasteiger partial charge is 0.170 e. The number of benzene rings is 1. The number of aromatic nitrogens is 8. The highest BCUT2D eigenvalue weighted by atomic mass is 32.1. The molecule has 0 spiro atoms. The summed E-state index contributed by atoms with van der Waals surface area (Å²) in [5, 5.41) is 0. The molecule has 520 valence electrons. The predicted octanol–water partition coefficient (Wildman–Crippen LogP) is 27.5. The molecule has 0 N–H and O–H groups in total. The van der Waals surface area contributed by atoms with Crippen LogP contribution < -0.4 is 0 Å². The summed E-state index contributed by atoms with van der Waals surface area (Å²) in [5.74, 6) is -1.71. The van der Waals surface area contributed by atoms with Gasteiger partial charge in [0.2, 0.25) is 0 Å². The molecule has 12 aromatic rings. The van der Waals surface area contributed by atoms with E-state index in [0.717, 1.165) is 165 Å². The Labute approximate surface area is 616 Å². The van der Waals surface area contributed by atoms with Crippen LogP contribution in [-0.2, 0) is 10.8 Å². The van der Waals surface area contributed by atoms with Crippen molar-refractivity contribution in [3.05, 3.63) is 180 Å². The lowest BCUT2D eigenvalue weighted by Crippen LogP contribution is -2.25. The number of nitrogens with zero attached hydrogens (tertiary/aromatic N) is 8. The number of rotatable bonds is 36. The van der Waals surface area contributed by atoms with E-state index in [1.54, 1.807) is 22.7 Å². The zero-order valence-corrected chi connectivity index (χ0v) is 63.1. The van der Waals surface area contributed by atoms with Gasteiger partial charge in [-0.05, 0) is 156 Å². The first kappa shape index (κ1) is 70.6. The minimum atomic E-state index is -0.853. The maximum absolute atomic E-state index is 18.5. The van der Waals surface area contributed by atoms with Crippen molar-refractivity contribution < 1.29 is 8.78 Å². The molecule has 15 heteroatoms. The zero-order valence-electron chi connectivity index (χ0n) is 59.0. The minimum absolute atomic E-state index is 0.220. The SMILES string of the molecule is CCCCCCCCC1(CCCCCCCC)c2cc(-c3cc(-c4ccccn4)nc(-c4ccccn4)c3)sc2-c2sc(-c3c(F)c(F)c(-c4cc5c(s4)-c4sc(-c6cc(-c7ccccn7)nc(-c7ccccn7)c6)cc4C5(CCCCCCCC)CCCCCCCC)c4nsnc34)cc21. The highest BCUT2D eigenvalue weighted by Crippen LogP contribution is 2.65. The topological polar surface area (TPSA) is 103 Å². The Bertz CT molecular complexity index is 4290. The second kappa shape index (κ2) is 32.9. The van der Waals surface area contributed by atoms with Gasteiger partial charge in [0.1, 0.15) is 11.0 Å². The maximum Gasteiger partial charge on any atom is 0.170 e. The number of unbranched alkanes of at least 4 members (excludes halogenated alkanes) is 20. The molecule has 2 aliphatic carbocycles. The number of hydrogen-bond donors (Lipinski definition) is 0. The highest BCUT2D eigenvalue weighted by Gasteiger charge is 2.48. The first-order chi connectivity index (χ1) is 49.7. The summed E-state index contributed by atoms with van der Waals surface area (Å²) in [7, 11) is 0. The van der Waals surface area contributed by atoms with Crippen LogP contribution in [0, 0.1) is 11.6 Å². The summed E-state index contributed by atoms with van der Waals surface area (Å²) in [6.07, 6.45) is 39.7. The van der Waals surface area contributed by atoms with Gasteiger partial charge in [0, 0.05) is 74.6 Å². The molecule has 0 radical (unpaired) electrons. The standard InChI is InChI=1S/C86H92F2N8S5/c1-5-9-13-17-21-29-41-85(42-30-22-18-14-10-6-2)59-53-71(57-49-67(63-37-25-33-45-89-63)93-68(50-57)64-38-26-34-46-90-64)97-81(59)83-61(85)55-73(99-83)75-77(87)78(88)76(80-79(75)95-101-96-80)74-56-62-84(100-74)82-60(86(62,43-31-23-19-15-11-7-3)44-32-24-20-16-12-8-4)54-72(98-82)58-51-69(65-39-27-35-47-91-65)94-70(52-58)66-40-28-36-48-92-66/h25-28,33-40,45-56H,5-24,29-32,41-44H2,1-4H3. The molecule has 0 aliphatic heterocycles. The zero-order chi connectivity index (χ0) is 69.1. The Morgan fingerprint density at radius 3 is 0.851 bits per heavy atom. The molecule has 8 nitrogen and oxygen atoms in total. The van der Waals surface area contributed by atoms with Crippen LogP contribution in [0.1, 0.15) is 230 Å². The van der Waals surface area contributed by atoms with E-state index < -0.39 is 11.6 Å². The van der Waals surface area contributed by atoms with E-state index in [4.69, 9.17) is 38.7 Å². The van der Waals surface area contributed by atoms with Gasteiger partial charge in [0.05, 0.1) is 68.4 Å². The molecule has 101 heavy (non-hydrogen) atoms. The molecular weight excluding hydrogens is 1340 g/mol. The van der Waals surface area contributed by atoms with E-state index >= 15 is 8.78 Å². The van der Waals surface area contributed by atoms with E-state index in [1.807, 2.05) is 120 Å². The molecule has 0 saturated carbocycles. The van der Waals surface area contributed by atoms with Crippen molar-refractivity contribution in [2.75, 3.05) is 0 Å². The van der Waals surface area contributed by atoms with Gasteiger partial charge >= 0.3 is 0 Å². The molecule has 14 rings (SSSR count). The van der Waals surface area contributed by atoms with Crippen LogP contribution in [0.4, 0.5) is 8.78 Å². The van der Waals surface area contributed by atoms with Crippen LogP contribution >= 0.6 is 57.1 Å². The van der Waals surface area contributed by atoms with Gasteiger partial charge in [-0.3, -0.25) is 19.9 Å². The largest absolute Gasteiger partial charge is 0.255 e. The molecule has 1 aromatic carbocycles. The third-order valence-corrected chi connectivity index (χ3v) is 26.8. The van der Waals surface area contributed by atoms with Crippen molar-refractivity contribution in [1.29, 1.82) is 0 Å². The van der Waals surface area contributed by atoms with E-state index in [9.17, 15) is 0 Å². The molecule has 0 fully saturated rings. The minimum Gasteiger partial charge on any atom is -0.255 e. The molecule has 0 amide bonds. The molecule has 2 aliphatic rings. The van der Waals surface area contributed by atoms with Gasteiger partial charge in [0.25, 0.3) is 0 Å². The Morgan fingerprint density at radius 2 is 0.574 bits per heavy atom. The van der Waals surface area contributed by atoms with Gasteiger partial charge in [-0.2, -0.15) is 8.75 Å². The molecule has 0 saturated heterocycles. The molecule has 11 heterocycles. The number of pyridine rings is 6. The maximum atomic E-state index is 18.5. The molecule has 0 bridgehead atoms. The van der Waals surface area contributed by atoms with Gasteiger partial charge < -0.3 is 0 Å². The average molecular weight is 1440 g/mol. The number of thiophene rings is 4. The van der Waals surface area contributed by atoms with E-state index in [0.29, 0.717) is 20.8 Å². The molecule has 0 unspecified atom stereocenters. The van der Waals surface area contributed by atoms with Crippen molar-refractivity contribution in [2.45, 2.75) is 218 Å². The fourth-order valence-corrected chi connectivity index (χ4v) is 21.9. The van der Waals surface area contributed by atoms with Crippen LogP contribution in [0.5, 0.6) is 0 Å². The van der Waals surface area contributed by atoms with E-state index in [1.165, 1.54) is 135 Å². The molecule has 0 atom stereocenters.